The Hall–Kier alpha value is -0.240. The number of fused-ring (bicyclic) bond motifs is 1. The predicted octanol–water partition coefficient (Wildman–Crippen LogP) is -0.521. The highest BCUT2D eigenvalue weighted by atomic mass is 16.8. The van der Waals surface area contributed by atoms with Gasteiger partial charge in [-0.1, -0.05) is 0 Å². The maximum absolute atomic E-state index is 10.0. The fraction of sp³-hybridized carbons (Fsp3) is 1.00. The van der Waals surface area contributed by atoms with Gasteiger partial charge in [0.15, 0.2) is 12.1 Å². The topological polar surface area (TPSA) is 77.4 Å². The van der Waals surface area contributed by atoms with Crippen molar-refractivity contribution in [1.29, 1.82) is 0 Å². The van der Waals surface area contributed by atoms with Crippen LogP contribution in [0.5, 0.6) is 0 Å². The third-order valence-corrected chi connectivity index (χ3v) is 3.27. The summed E-state index contributed by atoms with van der Waals surface area (Å²) in [5.41, 5.74) is 0. The highest BCUT2D eigenvalue weighted by molar-refractivity contribution is 4.92. The quantitative estimate of drug-likeness (QED) is 0.684. The molecular weight excluding hydrogens is 228 g/mol. The Balaban J connectivity index is 2.16. The van der Waals surface area contributed by atoms with Gasteiger partial charge in [-0.15, -0.1) is 0 Å². The highest BCUT2D eigenvalue weighted by Crippen LogP contribution is 2.36. The molecule has 2 saturated heterocycles. The van der Waals surface area contributed by atoms with Gasteiger partial charge in [-0.2, -0.15) is 0 Å². The first-order chi connectivity index (χ1) is 7.98. The van der Waals surface area contributed by atoms with Crippen molar-refractivity contribution in [2.45, 2.75) is 44.2 Å². The van der Waals surface area contributed by atoms with Gasteiger partial charge in [0, 0.05) is 13.0 Å². The second-order valence-electron chi connectivity index (χ2n) is 4.91. The summed E-state index contributed by atoms with van der Waals surface area (Å²) in [6.07, 6.45) is -2.45. The summed E-state index contributed by atoms with van der Waals surface area (Å²) >= 11 is 0. The van der Waals surface area contributed by atoms with Crippen molar-refractivity contribution in [2.24, 2.45) is 5.92 Å². The van der Waals surface area contributed by atoms with Gasteiger partial charge in [0.1, 0.15) is 12.2 Å². The molecule has 2 N–H and O–H groups in total. The summed E-state index contributed by atoms with van der Waals surface area (Å²) in [6.45, 7) is 3.72. The van der Waals surface area contributed by atoms with Crippen LogP contribution in [0.4, 0.5) is 0 Å². The van der Waals surface area contributed by atoms with Gasteiger partial charge >= 0.3 is 0 Å². The van der Waals surface area contributed by atoms with E-state index in [0.717, 1.165) is 0 Å². The van der Waals surface area contributed by atoms with E-state index in [1.165, 1.54) is 7.11 Å². The first-order valence-electron chi connectivity index (χ1n) is 5.77. The zero-order chi connectivity index (χ0) is 12.6. The molecule has 0 aromatic carbocycles. The number of aliphatic hydroxyl groups excluding tert-OH is 2. The van der Waals surface area contributed by atoms with Gasteiger partial charge in [-0.3, -0.25) is 0 Å². The van der Waals surface area contributed by atoms with Crippen LogP contribution in [-0.4, -0.2) is 60.9 Å². The Kier molecular flexibility index (Phi) is 3.72. The van der Waals surface area contributed by atoms with E-state index in [4.69, 9.17) is 24.1 Å². The van der Waals surface area contributed by atoms with Gasteiger partial charge in [-0.05, 0) is 13.8 Å². The third-order valence-electron chi connectivity index (χ3n) is 3.27. The Bertz CT molecular complexity index is 269. The summed E-state index contributed by atoms with van der Waals surface area (Å²) < 4.78 is 21.9. The monoisotopic (exact) mass is 248 g/mol. The van der Waals surface area contributed by atoms with Crippen molar-refractivity contribution < 1.29 is 29.2 Å². The molecule has 0 bridgehead atoms. The van der Waals surface area contributed by atoms with E-state index in [1.54, 1.807) is 13.8 Å². The molecule has 0 saturated carbocycles. The van der Waals surface area contributed by atoms with E-state index < -0.39 is 24.3 Å². The van der Waals surface area contributed by atoms with Crippen molar-refractivity contribution in [3.8, 4) is 0 Å². The molecule has 6 heteroatoms. The fourth-order valence-corrected chi connectivity index (χ4v) is 2.34. The standard InChI is InChI=1S/C11H20O6/c1-11(2)15-5-6-8(13)7(4-12)16-10(14-3)9(6)17-11/h6-10,12-13H,4-5H2,1-3H3/t6-,7+,8+,9+,10+/m0/s1. The van der Waals surface area contributed by atoms with Crippen molar-refractivity contribution in [2.75, 3.05) is 20.3 Å². The van der Waals surface area contributed by atoms with Gasteiger partial charge < -0.3 is 29.2 Å². The lowest BCUT2D eigenvalue weighted by Crippen LogP contribution is -2.62. The zero-order valence-electron chi connectivity index (χ0n) is 10.3. The SMILES string of the molecule is CO[C@@H]1O[C@H](CO)[C@H](O)[C@@H]2COC(C)(C)O[C@@H]12. The van der Waals surface area contributed by atoms with Crippen LogP contribution in [0.3, 0.4) is 0 Å². The molecule has 0 aliphatic carbocycles. The number of rotatable bonds is 2. The molecule has 2 fully saturated rings. The van der Waals surface area contributed by atoms with Gasteiger partial charge in [0.2, 0.25) is 0 Å². The second kappa shape index (κ2) is 4.79. The van der Waals surface area contributed by atoms with E-state index in [0.29, 0.717) is 6.61 Å². The van der Waals surface area contributed by atoms with Crippen molar-refractivity contribution in [3.05, 3.63) is 0 Å². The molecule has 17 heavy (non-hydrogen) atoms. The smallest absolute Gasteiger partial charge is 0.184 e. The zero-order valence-corrected chi connectivity index (χ0v) is 10.3. The molecule has 2 rings (SSSR count). The third kappa shape index (κ3) is 2.47. The van der Waals surface area contributed by atoms with Crippen LogP contribution in [0.1, 0.15) is 13.8 Å². The van der Waals surface area contributed by atoms with Crippen molar-refractivity contribution in [3.63, 3.8) is 0 Å². The number of hydrogen-bond donors (Lipinski definition) is 2. The number of methoxy groups -OCH3 is 1. The molecule has 2 aliphatic heterocycles. The summed E-state index contributed by atoms with van der Waals surface area (Å²) in [6, 6.07) is 0. The minimum atomic E-state index is -0.813. The Morgan fingerprint density at radius 2 is 2.12 bits per heavy atom. The van der Waals surface area contributed by atoms with Crippen molar-refractivity contribution >= 4 is 0 Å². The van der Waals surface area contributed by atoms with Crippen LogP contribution < -0.4 is 0 Å². The van der Waals surface area contributed by atoms with E-state index in [9.17, 15) is 5.11 Å². The normalized spacial score (nSPS) is 45.4. The summed E-state index contributed by atoms with van der Waals surface area (Å²) in [7, 11) is 1.51. The molecule has 2 heterocycles. The Morgan fingerprint density at radius 1 is 1.41 bits per heavy atom. The highest BCUT2D eigenvalue weighted by Gasteiger charge is 2.51. The lowest BCUT2D eigenvalue weighted by molar-refractivity contribution is -0.379. The Labute approximate surface area is 100 Å². The van der Waals surface area contributed by atoms with Crippen LogP contribution in [0.15, 0.2) is 0 Å². The molecule has 0 unspecified atom stereocenters. The molecule has 6 nitrogen and oxygen atoms in total. The van der Waals surface area contributed by atoms with Gasteiger partial charge in [0.05, 0.1) is 19.3 Å². The van der Waals surface area contributed by atoms with Crippen LogP contribution in [0, 0.1) is 5.92 Å². The number of hydrogen-bond acceptors (Lipinski definition) is 6. The van der Waals surface area contributed by atoms with Crippen LogP contribution >= 0.6 is 0 Å². The summed E-state index contributed by atoms with van der Waals surface area (Å²) in [5, 5.41) is 19.2. The number of ether oxygens (including phenoxy) is 4. The van der Waals surface area contributed by atoms with Gasteiger partial charge in [0.25, 0.3) is 0 Å². The first-order valence-corrected chi connectivity index (χ1v) is 5.77. The fourth-order valence-electron chi connectivity index (χ4n) is 2.34. The Morgan fingerprint density at radius 3 is 2.71 bits per heavy atom. The molecule has 0 aromatic heterocycles. The molecule has 0 aromatic rings. The molecule has 0 amide bonds. The lowest BCUT2D eigenvalue weighted by Gasteiger charge is -2.49. The summed E-state index contributed by atoms with van der Waals surface area (Å²) in [5.74, 6) is -0.966. The van der Waals surface area contributed by atoms with E-state index >= 15 is 0 Å². The first kappa shape index (κ1) is 13.2. The average Bonchev–Trinajstić information content (AvgIpc) is 2.28. The van der Waals surface area contributed by atoms with Crippen LogP contribution in [0.2, 0.25) is 0 Å². The predicted molar refractivity (Wildman–Crippen MR) is 57.2 cm³/mol. The minimum absolute atomic E-state index is 0.251. The van der Waals surface area contributed by atoms with Crippen LogP contribution in [-0.2, 0) is 18.9 Å². The van der Waals surface area contributed by atoms with Crippen LogP contribution in [0.25, 0.3) is 0 Å². The molecule has 0 spiro atoms. The maximum atomic E-state index is 10.0. The van der Waals surface area contributed by atoms with E-state index in [1.807, 2.05) is 0 Å². The molecule has 0 radical (unpaired) electrons. The molecule has 2 aliphatic rings. The largest absolute Gasteiger partial charge is 0.394 e. The lowest BCUT2D eigenvalue weighted by atomic mass is 9.88. The second-order valence-corrected chi connectivity index (χ2v) is 4.91. The molecule has 100 valence electrons. The number of aliphatic hydroxyl groups is 2. The van der Waals surface area contributed by atoms with Crippen molar-refractivity contribution in [1.82, 2.24) is 0 Å². The van der Waals surface area contributed by atoms with E-state index in [-0.39, 0.29) is 18.6 Å². The maximum Gasteiger partial charge on any atom is 0.184 e. The molecule has 5 atom stereocenters. The minimum Gasteiger partial charge on any atom is -0.394 e. The summed E-state index contributed by atoms with van der Waals surface area (Å²) in [4.78, 5) is 0. The van der Waals surface area contributed by atoms with E-state index in [2.05, 4.69) is 0 Å². The average molecular weight is 248 g/mol. The van der Waals surface area contributed by atoms with Gasteiger partial charge in [-0.25, -0.2) is 0 Å². The molecular formula is C11H20O6.